The number of carbonyl (C=O) groups excluding carboxylic acids is 1. The molecule has 2 amide bonds. The lowest BCUT2D eigenvalue weighted by molar-refractivity contribution is 0.252. The molecule has 0 aliphatic rings. The number of aryl methyl sites for hydroxylation is 1. The molecular formula is C23H22N4O. The van der Waals surface area contributed by atoms with Gasteiger partial charge in [0, 0.05) is 35.6 Å². The number of fused-ring (bicyclic) bond motifs is 1. The number of aromatic nitrogens is 2. The molecule has 4 rings (SSSR count). The van der Waals surface area contributed by atoms with E-state index in [4.69, 9.17) is 0 Å². The normalized spacial score (nSPS) is 10.8. The third kappa shape index (κ3) is 4.20. The van der Waals surface area contributed by atoms with E-state index in [2.05, 4.69) is 44.9 Å². The Morgan fingerprint density at radius 2 is 1.93 bits per heavy atom. The fourth-order valence-electron chi connectivity index (χ4n) is 3.22. The predicted octanol–water partition coefficient (Wildman–Crippen LogP) is 4.90. The maximum Gasteiger partial charge on any atom is 0.319 e. The van der Waals surface area contributed by atoms with E-state index >= 15 is 0 Å². The Kier molecular flexibility index (Phi) is 5.06. The molecule has 140 valence electrons. The minimum atomic E-state index is -0.191. The van der Waals surface area contributed by atoms with Crippen LogP contribution >= 0.6 is 0 Å². The average molecular weight is 370 g/mol. The van der Waals surface area contributed by atoms with Crippen molar-refractivity contribution in [1.82, 2.24) is 15.3 Å². The minimum absolute atomic E-state index is 0.191. The van der Waals surface area contributed by atoms with Gasteiger partial charge in [-0.3, -0.25) is 0 Å². The molecule has 0 saturated carbocycles. The van der Waals surface area contributed by atoms with Crippen molar-refractivity contribution in [3.8, 4) is 11.1 Å². The molecule has 28 heavy (non-hydrogen) atoms. The van der Waals surface area contributed by atoms with Crippen molar-refractivity contribution in [2.24, 2.45) is 0 Å². The molecule has 0 unspecified atom stereocenters. The van der Waals surface area contributed by atoms with Gasteiger partial charge in [-0.05, 0) is 54.3 Å². The molecule has 0 radical (unpaired) electrons. The molecule has 3 N–H and O–H groups in total. The number of benzene rings is 2. The Morgan fingerprint density at radius 3 is 2.82 bits per heavy atom. The first-order chi connectivity index (χ1) is 13.7. The highest BCUT2D eigenvalue weighted by Crippen LogP contribution is 2.23. The van der Waals surface area contributed by atoms with Gasteiger partial charge in [0.25, 0.3) is 0 Å². The smallest absolute Gasteiger partial charge is 0.319 e. The standard InChI is InChI=1S/C23H22N4O/c1-16-4-2-7-21(12-16)27-23(28)25-10-8-17-5-3-6-18(13-17)20-14-19-9-11-24-22(19)26-15-20/h2-7,9,11-15H,8,10H2,1H3,(H,24,26)(H2,25,27,28). The van der Waals surface area contributed by atoms with E-state index in [1.54, 1.807) is 0 Å². The zero-order chi connectivity index (χ0) is 19.3. The Hall–Kier alpha value is -3.60. The van der Waals surface area contributed by atoms with E-state index in [9.17, 15) is 4.79 Å². The van der Waals surface area contributed by atoms with E-state index in [0.29, 0.717) is 6.54 Å². The predicted molar refractivity (Wildman–Crippen MR) is 113 cm³/mol. The summed E-state index contributed by atoms with van der Waals surface area (Å²) in [5, 5.41) is 6.87. The van der Waals surface area contributed by atoms with E-state index in [0.717, 1.165) is 39.8 Å². The van der Waals surface area contributed by atoms with Gasteiger partial charge in [-0.1, -0.05) is 36.4 Å². The van der Waals surface area contributed by atoms with E-state index in [-0.39, 0.29) is 6.03 Å². The van der Waals surface area contributed by atoms with Gasteiger partial charge < -0.3 is 15.6 Å². The third-order valence-corrected chi connectivity index (χ3v) is 4.64. The maximum absolute atomic E-state index is 12.1. The summed E-state index contributed by atoms with van der Waals surface area (Å²) in [6.07, 6.45) is 4.53. The van der Waals surface area contributed by atoms with Crippen LogP contribution in [0.2, 0.25) is 0 Å². The highest BCUT2D eigenvalue weighted by molar-refractivity contribution is 5.89. The van der Waals surface area contributed by atoms with Gasteiger partial charge in [0.05, 0.1) is 0 Å². The lowest BCUT2D eigenvalue weighted by Crippen LogP contribution is -2.30. The monoisotopic (exact) mass is 370 g/mol. The number of H-pyrrole nitrogens is 1. The van der Waals surface area contributed by atoms with Gasteiger partial charge >= 0.3 is 6.03 Å². The number of nitrogens with one attached hydrogen (secondary N) is 3. The largest absolute Gasteiger partial charge is 0.346 e. The summed E-state index contributed by atoms with van der Waals surface area (Å²) in [6, 6.07) is 20.1. The molecule has 0 atom stereocenters. The van der Waals surface area contributed by atoms with E-state index in [1.807, 2.05) is 55.7 Å². The van der Waals surface area contributed by atoms with Crippen LogP contribution in [0.5, 0.6) is 0 Å². The summed E-state index contributed by atoms with van der Waals surface area (Å²) in [7, 11) is 0. The summed E-state index contributed by atoms with van der Waals surface area (Å²) in [4.78, 5) is 19.6. The first kappa shape index (κ1) is 17.8. The van der Waals surface area contributed by atoms with Crippen LogP contribution in [0.25, 0.3) is 22.2 Å². The number of pyridine rings is 1. The van der Waals surface area contributed by atoms with Crippen LogP contribution in [0.3, 0.4) is 0 Å². The molecule has 2 aromatic heterocycles. The summed E-state index contributed by atoms with van der Waals surface area (Å²) >= 11 is 0. The zero-order valence-electron chi connectivity index (χ0n) is 15.7. The zero-order valence-corrected chi connectivity index (χ0v) is 15.7. The number of amides is 2. The lowest BCUT2D eigenvalue weighted by Gasteiger charge is -2.09. The minimum Gasteiger partial charge on any atom is -0.346 e. The van der Waals surface area contributed by atoms with Crippen molar-refractivity contribution in [1.29, 1.82) is 0 Å². The number of carbonyl (C=O) groups is 1. The van der Waals surface area contributed by atoms with Crippen LogP contribution < -0.4 is 10.6 Å². The van der Waals surface area contributed by atoms with Crippen molar-refractivity contribution in [2.75, 3.05) is 11.9 Å². The summed E-state index contributed by atoms with van der Waals surface area (Å²) < 4.78 is 0. The molecular weight excluding hydrogens is 348 g/mol. The number of nitrogens with zero attached hydrogens (tertiary/aromatic N) is 1. The second-order valence-electron chi connectivity index (χ2n) is 6.84. The summed E-state index contributed by atoms with van der Waals surface area (Å²) in [5.41, 5.74) is 6.18. The fraction of sp³-hybridized carbons (Fsp3) is 0.130. The van der Waals surface area contributed by atoms with Crippen molar-refractivity contribution in [3.63, 3.8) is 0 Å². The topological polar surface area (TPSA) is 69.8 Å². The second kappa shape index (κ2) is 7.96. The number of anilines is 1. The molecule has 0 aliphatic carbocycles. The van der Waals surface area contributed by atoms with Crippen LogP contribution in [0.15, 0.2) is 73.1 Å². The van der Waals surface area contributed by atoms with Crippen LogP contribution in [-0.4, -0.2) is 22.5 Å². The Morgan fingerprint density at radius 1 is 1.04 bits per heavy atom. The molecule has 0 spiro atoms. The van der Waals surface area contributed by atoms with Crippen LogP contribution in [-0.2, 0) is 6.42 Å². The highest BCUT2D eigenvalue weighted by atomic mass is 16.2. The van der Waals surface area contributed by atoms with Gasteiger partial charge in [0.2, 0.25) is 0 Å². The molecule has 0 aliphatic heterocycles. The van der Waals surface area contributed by atoms with Crippen LogP contribution in [0, 0.1) is 6.92 Å². The van der Waals surface area contributed by atoms with Gasteiger partial charge in [0.1, 0.15) is 5.65 Å². The van der Waals surface area contributed by atoms with Gasteiger partial charge in [-0.15, -0.1) is 0 Å². The van der Waals surface area contributed by atoms with E-state index in [1.165, 1.54) is 5.56 Å². The number of hydrogen-bond acceptors (Lipinski definition) is 2. The van der Waals surface area contributed by atoms with Gasteiger partial charge in [-0.25, -0.2) is 9.78 Å². The van der Waals surface area contributed by atoms with Crippen LogP contribution in [0.1, 0.15) is 11.1 Å². The number of hydrogen-bond donors (Lipinski definition) is 3. The van der Waals surface area contributed by atoms with Crippen molar-refractivity contribution in [3.05, 3.63) is 84.2 Å². The lowest BCUT2D eigenvalue weighted by atomic mass is 10.0. The average Bonchev–Trinajstić information content (AvgIpc) is 3.16. The molecule has 0 bridgehead atoms. The fourth-order valence-corrected chi connectivity index (χ4v) is 3.22. The van der Waals surface area contributed by atoms with Crippen molar-refractivity contribution in [2.45, 2.75) is 13.3 Å². The van der Waals surface area contributed by atoms with Gasteiger partial charge in [0.15, 0.2) is 0 Å². The van der Waals surface area contributed by atoms with Crippen molar-refractivity contribution >= 4 is 22.8 Å². The number of urea groups is 1. The number of aromatic amines is 1. The van der Waals surface area contributed by atoms with Crippen LogP contribution in [0.4, 0.5) is 10.5 Å². The third-order valence-electron chi connectivity index (χ3n) is 4.64. The second-order valence-corrected chi connectivity index (χ2v) is 6.84. The highest BCUT2D eigenvalue weighted by Gasteiger charge is 2.05. The first-order valence-corrected chi connectivity index (χ1v) is 9.31. The Labute approximate surface area is 163 Å². The number of rotatable bonds is 5. The molecule has 5 heteroatoms. The summed E-state index contributed by atoms with van der Waals surface area (Å²) in [6.45, 7) is 2.57. The van der Waals surface area contributed by atoms with Gasteiger partial charge in [-0.2, -0.15) is 0 Å². The molecule has 0 fully saturated rings. The molecule has 5 nitrogen and oxygen atoms in total. The van der Waals surface area contributed by atoms with E-state index < -0.39 is 0 Å². The first-order valence-electron chi connectivity index (χ1n) is 9.31. The molecule has 0 saturated heterocycles. The SMILES string of the molecule is Cc1cccc(NC(=O)NCCc2cccc(-c3cnc4[nH]ccc4c3)c2)c1. The quantitative estimate of drug-likeness (QED) is 0.467. The molecule has 2 heterocycles. The Bertz CT molecular complexity index is 1120. The maximum atomic E-state index is 12.1. The molecule has 4 aromatic rings. The Balaban J connectivity index is 1.36. The summed E-state index contributed by atoms with van der Waals surface area (Å²) in [5.74, 6) is 0. The molecule has 2 aromatic carbocycles. The van der Waals surface area contributed by atoms with Crippen molar-refractivity contribution < 1.29 is 4.79 Å².